The van der Waals surface area contributed by atoms with Crippen molar-refractivity contribution in [3.05, 3.63) is 76.0 Å². The van der Waals surface area contributed by atoms with Gasteiger partial charge >= 0.3 is 0 Å². The zero-order valence-corrected chi connectivity index (χ0v) is 13.9. The molecule has 0 bridgehead atoms. The lowest BCUT2D eigenvalue weighted by Crippen LogP contribution is -2.33. The summed E-state index contributed by atoms with van der Waals surface area (Å²) in [5.74, 6) is -0.634. The second-order valence-electron chi connectivity index (χ2n) is 6.19. The molecule has 2 N–H and O–H groups in total. The molecule has 6 heteroatoms. The fourth-order valence-electron chi connectivity index (χ4n) is 2.80. The van der Waals surface area contributed by atoms with Crippen LogP contribution in [0.3, 0.4) is 0 Å². The molecule has 0 fully saturated rings. The van der Waals surface area contributed by atoms with Gasteiger partial charge in [-0.3, -0.25) is 9.59 Å². The van der Waals surface area contributed by atoms with E-state index in [1.54, 1.807) is 36.4 Å². The molecule has 5 nitrogen and oxygen atoms in total. The normalized spacial score (nSPS) is 12.3. The van der Waals surface area contributed by atoms with E-state index in [1.807, 2.05) is 13.8 Å². The first kappa shape index (κ1) is 16.8. The van der Waals surface area contributed by atoms with E-state index in [0.29, 0.717) is 10.8 Å². The summed E-state index contributed by atoms with van der Waals surface area (Å²) in [5, 5.41) is 10.1. The average molecular weight is 339 g/mol. The van der Waals surface area contributed by atoms with Gasteiger partial charge in [0.05, 0.1) is 11.4 Å². The molecule has 1 unspecified atom stereocenters. The molecule has 1 amide bonds. The molecule has 3 aromatic rings. The van der Waals surface area contributed by atoms with Gasteiger partial charge in [0.2, 0.25) is 0 Å². The van der Waals surface area contributed by atoms with Crippen LogP contribution in [0.15, 0.2) is 53.3 Å². The number of carbonyl (C=O) groups is 1. The third kappa shape index (κ3) is 3.42. The van der Waals surface area contributed by atoms with Gasteiger partial charge in [0.25, 0.3) is 11.5 Å². The first-order valence-corrected chi connectivity index (χ1v) is 8.01. The van der Waals surface area contributed by atoms with Crippen LogP contribution >= 0.6 is 0 Å². The third-order valence-corrected chi connectivity index (χ3v) is 4.09. The van der Waals surface area contributed by atoms with Gasteiger partial charge in [-0.05, 0) is 29.7 Å². The molecule has 0 radical (unpaired) electrons. The number of aromatic nitrogens is 2. The summed E-state index contributed by atoms with van der Waals surface area (Å²) in [7, 11) is 0. The lowest BCUT2D eigenvalue weighted by atomic mass is 9.95. The van der Waals surface area contributed by atoms with Crippen molar-refractivity contribution in [3.63, 3.8) is 0 Å². The Kier molecular flexibility index (Phi) is 4.61. The number of H-pyrrole nitrogens is 1. The third-order valence-electron chi connectivity index (χ3n) is 4.09. The molecule has 0 aliphatic heterocycles. The van der Waals surface area contributed by atoms with E-state index in [4.69, 9.17) is 0 Å². The maximum atomic E-state index is 13.2. The van der Waals surface area contributed by atoms with E-state index in [1.165, 1.54) is 12.1 Å². The van der Waals surface area contributed by atoms with Crippen LogP contribution in [0.4, 0.5) is 4.39 Å². The molecule has 1 aromatic heterocycles. The number of fused-ring (bicyclic) bond motifs is 1. The fraction of sp³-hybridized carbons (Fsp3) is 0.211. The highest BCUT2D eigenvalue weighted by Gasteiger charge is 2.21. The van der Waals surface area contributed by atoms with Gasteiger partial charge in [-0.25, -0.2) is 9.49 Å². The summed E-state index contributed by atoms with van der Waals surface area (Å²) < 4.78 is 13.2. The zero-order valence-electron chi connectivity index (χ0n) is 13.9. The Hall–Kier alpha value is -3.02. The molecule has 0 spiro atoms. The monoisotopic (exact) mass is 339 g/mol. The maximum Gasteiger partial charge on any atom is 0.272 e. The smallest absolute Gasteiger partial charge is 0.272 e. The maximum absolute atomic E-state index is 13.2. The van der Waals surface area contributed by atoms with Crippen LogP contribution in [0, 0.1) is 11.7 Å². The van der Waals surface area contributed by atoms with Crippen molar-refractivity contribution in [1.29, 1.82) is 0 Å². The number of carbonyl (C=O) groups excluding carboxylic acids is 1. The van der Waals surface area contributed by atoms with Gasteiger partial charge in [-0.1, -0.05) is 44.2 Å². The van der Waals surface area contributed by atoms with Gasteiger partial charge in [0.15, 0.2) is 5.69 Å². The highest BCUT2D eigenvalue weighted by Crippen LogP contribution is 2.23. The summed E-state index contributed by atoms with van der Waals surface area (Å²) in [5.41, 5.74) is 0.618. The average Bonchev–Trinajstić information content (AvgIpc) is 2.61. The summed E-state index contributed by atoms with van der Waals surface area (Å²) in [6, 6.07) is 12.5. The van der Waals surface area contributed by atoms with Crippen LogP contribution in [-0.4, -0.2) is 16.1 Å². The lowest BCUT2D eigenvalue weighted by Gasteiger charge is -2.23. The van der Waals surface area contributed by atoms with Crippen LogP contribution in [0.5, 0.6) is 0 Å². The van der Waals surface area contributed by atoms with Gasteiger partial charge in [0, 0.05) is 5.39 Å². The molecule has 0 aliphatic rings. The summed E-state index contributed by atoms with van der Waals surface area (Å²) in [4.78, 5) is 24.6. The molecule has 1 heterocycles. The highest BCUT2D eigenvalue weighted by molar-refractivity contribution is 6.04. The topological polar surface area (TPSA) is 74.8 Å². The standard InChI is InChI=1S/C19H18FN3O2/c1-11(2)16(12-7-9-13(20)10-8-12)21-19(25)17-14-5-3-4-6-15(14)18(24)23-22-17/h3-11,16H,1-2H3,(H,21,25)(H,23,24). The van der Waals surface area contributed by atoms with Crippen molar-refractivity contribution in [1.82, 2.24) is 15.5 Å². The van der Waals surface area contributed by atoms with Crippen LogP contribution in [0.1, 0.15) is 35.9 Å². The molecule has 3 rings (SSSR count). The predicted molar refractivity (Wildman–Crippen MR) is 93.8 cm³/mol. The number of aromatic amines is 1. The Morgan fingerprint density at radius 2 is 1.72 bits per heavy atom. The van der Waals surface area contributed by atoms with E-state index < -0.39 is 5.91 Å². The van der Waals surface area contributed by atoms with Crippen molar-refractivity contribution < 1.29 is 9.18 Å². The van der Waals surface area contributed by atoms with Gasteiger partial charge < -0.3 is 5.32 Å². The summed E-state index contributed by atoms with van der Waals surface area (Å²) in [6.45, 7) is 3.93. The summed E-state index contributed by atoms with van der Waals surface area (Å²) >= 11 is 0. The SMILES string of the molecule is CC(C)C(NC(=O)c1n[nH]c(=O)c2ccccc12)c1ccc(F)cc1. The number of halogens is 1. The quantitative estimate of drug-likeness (QED) is 0.766. The van der Waals surface area contributed by atoms with Crippen LogP contribution in [0.25, 0.3) is 10.8 Å². The zero-order chi connectivity index (χ0) is 18.0. The number of hydrogen-bond acceptors (Lipinski definition) is 3. The van der Waals surface area contributed by atoms with Crippen LogP contribution < -0.4 is 10.9 Å². The van der Waals surface area contributed by atoms with Crippen LogP contribution in [0.2, 0.25) is 0 Å². The molecular formula is C19H18FN3O2. The molecule has 25 heavy (non-hydrogen) atoms. The molecule has 128 valence electrons. The molecule has 0 saturated carbocycles. The van der Waals surface area contributed by atoms with E-state index in [9.17, 15) is 14.0 Å². The van der Waals surface area contributed by atoms with Gasteiger partial charge in [-0.15, -0.1) is 0 Å². The Morgan fingerprint density at radius 1 is 1.08 bits per heavy atom. The minimum atomic E-state index is -0.393. The molecule has 0 saturated heterocycles. The number of nitrogens with one attached hydrogen (secondary N) is 2. The number of rotatable bonds is 4. The minimum absolute atomic E-state index is 0.0865. The largest absolute Gasteiger partial charge is 0.344 e. The van der Waals surface area contributed by atoms with E-state index in [0.717, 1.165) is 5.56 Å². The number of nitrogens with zero attached hydrogens (tertiary/aromatic N) is 1. The molecular weight excluding hydrogens is 321 g/mol. The minimum Gasteiger partial charge on any atom is -0.344 e. The van der Waals surface area contributed by atoms with Crippen molar-refractivity contribution in [2.24, 2.45) is 5.92 Å². The van der Waals surface area contributed by atoms with Gasteiger partial charge in [-0.2, -0.15) is 5.10 Å². The first-order valence-electron chi connectivity index (χ1n) is 8.01. The molecule has 1 atom stereocenters. The second-order valence-corrected chi connectivity index (χ2v) is 6.19. The van der Waals surface area contributed by atoms with Crippen molar-refractivity contribution in [3.8, 4) is 0 Å². The lowest BCUT2D eigenvalue weighted by molar-refractivity contribution is 0.0921. The Morgan fingerprint density at radius 3 is 2.36 bits per heavy atom. The Bertz CT molecular complexity index is 964. The summed E-state index contributed by atoms with van der Waals surface area (Å²) in [6.07, 6.45) is 0. The number of benzene rings is 2. The van der Waals surface area contributed by atoms with E-state index in [-0.39, 0.29) is 29.0 Å². The second kappa shape index (κ2) is 6.84. The first-order chi connectivity index (χ1) is 12.0. The number of amides is 1. The Balaban J connectivity index is 1.96. The highest BCUT2D eigenvalue weighted by atomic mass is 19.1. The van der Waals surface area contributed by atoms with Crippen molar-refractivity contribution in [2.75, 3.05) is 0 Å². The fourth-order valence-corrected chi connectivity index (χ4v) is 2.80. The predicted octanol–water partition coefficient (Wildman–Crippen LogP) is 3.19. The number of hydrogen-bond donors (Lipinski definition) is 2. The Labute approximate surface area is 143 Å². The van der Waals surface area contributed by atoms with E-state index in [2.05, 4.69) is 15.5 Å². The van der Waals surface area contributed by atoms with Crippen molar-refractivity contribution >= 4 is 16.7 Å². The molecule has 2 aromatic carbocycles. The van der Waals surface area contributed by atoms with Crippen molar-refractivity contribution in [2.45, 2.75) is 19.9 Å². The molecule has 0 aliphatic carbocycles. The van der Waals surface area contributed by atoms with E-state index >= 15 is 0 Å². The van der Waals surface area contributed by atoms with Crippen LogP contribution in [-0.2, 0) is 0 Å². The van der Waals surface area contributed by atoms with Gasteiger partial charge in [0.1, 0.15) is 5.82 Å².